The molecule has 2 fully saturated rings. The third kappa shape index (κ3) is 4.75. The number of carbonyl (C=O) groups is 3. The molecule has 2 aromatic carbocycles. The van der Waals surface area contributed by atoms with Crippen LogP contribution in [0.4, 0.5) is 16.2 Å². The lowest BCUT2D eigenvalue weighted by Gasteiger charge is -2.27. The minimum Gasteiger partial charge on any atom is -0.399 e. The number of halogens is 2. The summed E-state index contributed by atoms with van der Waals surface area (Å²) in [6, 6.07) is 11.1. The highest BCUT2D eigenvalue weighted by Gasteiger charge is 2.61. The predicted molar refractivity (Wildman–Crippen MR) is 129 cm³/mol. The van der Waals surface area contributed by atoms with Crippen LogP contribution in [0.3, 0.4) is 0 Å². The van der Waals surface area contributed by atoms with Gasteiger partial charge in [0.05, 0.1) is 18.0 Å². The second-order valence-electron chi connectivity index (χ2n) is 7.60. The predicted octanol–water partition coefficient (Wildman–Crippen LogP) is 3.38. The standard InChI is InChI=1S/C21H20Cl2N4O3S.H2O2/c1-31-10-18(28)26-9-17(12-2-4-15(24)5-3-12)21(11-26)19(29)27(20(30)25-21)16-7-13(22)6-14(23)8-16;1-2/h2-8,17H,9-11,24H2,1H3,(H,25,30);1-2H/t17?,21-;/m1./s1. The van der Waals surface area contributed by atoms with Gasteiger partial charge in [0, 0.05) is 28.2 Å². The molecule has 5 N–H and O–H groups in total. The molecule has 0 aliphatic carbocycles. The first-order chi connectivity index (χ1) is 15.7. The molecule has 2 saturated heterocycles. The van der Waals surface area contributed by atoms with Crippen LogP contribution < -0.4 is 16.0 Å². The van der Waals surface area contributed by atoms with E-state index in [4.69, 9.17) is 39.5 Å². The van der Waals surface area contributed by atoms with Crippen LogP contribution in [0.15, 0.2) is 42.5 Å². The molecule has 2 aliphatic rings. The molecule has 2 atom stereocenters. The molecule has 2 aliphatic heterocycles. The number of nitrogen functional groups attached to an aromatic ring is 1. The zero-order chi connectivity index (χ0) is 24.3. The largest absolute Gasteiger partial charge is 0.399 e. The zero-order valence-corrected chi connectivity index (χ0v) is 19.8. The molecule has 9 nitrogen and oxygen atoms in total. The maximum absolute atomic E-state index is 13.7. The minimum absolute atomic E-state index is 0.0802. The lowest BCUT2D eigenvalue weighted by atomic mass is 9.81. The molecule has 12 heteroatoms. The molecule has 0 bridgehead atoms. The Morgan fingerprint density at radius 3 is 2.36 bits per heavy atom. The highest BCUT2D eigenvalue weighted by atomic mass is 35.5. The van der Waals surface area contributed by atoms with Gasteiger partial charge < -0.3 is 16.0 Å². The van der Waals surface area contributed by atoms with Gasteiger partial charge in [-0.05, 0) is 42.2 Å². The molecular weight excluding hydrogens is 491 g/mol. The van der Waals surface area contributed by atoms with E-state index in [-0.39, 0.29) is 18.1 Å². The van der Waals surface area contributed by atoms with Gasteiger partial charge in [-0.25, -0.2) is 9.69 Å². The summed E-state index contributed by atoms with van der Waals surface area (Å²) >= 11 is 13.6. The number of likely N-dealkylation sites (tertiary alicyclic amines) is 1. The molecule has 33 heavy (non-hydrogen) atoms. The van der Waals surface area contributed by atoms with E-state index in [2.05, 4.69) is 5.32 Å². The molecule has 0 aromatic heterocycles. The zero-order valence-electron chi connectivity index (χ0n) is 17.5. The fraction of sp³-hybridized carbons (Fsp3) is 0.286. The van der Waals surface area contributed by atoms with Crippen molar-refractivity contribution in [3.63, 3.8) is 0 Å². The van der Waals surface area contributed by atoms with E-state index < -0.39 is 23.4 Å². The smallest absolute Gasteiger partial charge is 0.329 e. The quantitative estimate of drug-likeness (QED) is 0.213. The van der Waals surface area contributed by atoms with Crippen molar-refractivity contribution in [2.24, 2.45) is 0 Å². The van der Waals surface area contributed by atoms with Crippen molar-refractivity contribution in [2.45, 2.75) is 11.5 Å². The molecule has 1 spiro atoms. The summed E-state index contributed by atoms with van der Waals surface area (Å²) in [4.78, 5) is 42.0. The highest BCUT2D eigenvalue weighted by molar-refractivity contribution is 7.99. The first-order valence-corrected chi connectivity index (χ1v) is 11.8. The van der Waals surface area contributed by atoms with Gasteiger partial charge in [0.1, 0.15) is 5.54 Å². The molecule has 4 rings (SSSR count). The summed E-state index contributed by atoms with van der Waals surface area (Å²) in [5.74, 6) is -0.677. The van der Waals surface area contributed by atoms with Crippen LogP contribution in [0, 0.1) is 0 Å². The number of benzene rings is 2. The van der Waals surface area contributed by atoms with Crippen LogP contribution in [0.2, 0.25) is 10.0 Å². The molecule has 2 aromatic rings. The van der Waals surface area contributed by atoms with Crippen molar-refractivity contribution >= 4 is 64.2 Å². The van der Waals surface area contributed by atoms with Crippen molar-refractivity contribution in [3.8, 4) is 0 Å². The number of nitrogens with zero attached hydrogens (tertiary/aromatic N) is 2. The maximum Gasteiger partial charge on any atom is 0.329 e. The molecule has 1 unspecified atom stereocenters. The first kappa shape index (κ1) is 25.1. The third-order valence-electron chi connectivity index (χ3n) is 5.62. The van der Waals surface area contributed by atoms with Gasteiger partial charge in [0.15, 0.2) is 0 Å². The van der Waals surface area contributed by atoms with Crippen molar-refractivity contribution in [2.75, 3.05) is 35.7 Å². The van der Waals surface area contributed by atoms with Gasteiger partial charge in [-0.2, -0.15) is 11.8 Å². The number of nitrogens with one attached hydrogen (secondary N) is 1. The molecule has 2 heterocycles. The fourth-order valence-corrected chi connectivity index (χ4v) is 5.16. The summed E-state index contributed by atoms with van der Waals surface area (Å²) in [5.41, 5.74) is 6.21. The Bertz CT molecular complexity index is 1050. The van der Waals surface area contributed by atoms with Gasteiger partial charge in [-0.1, -0.05) is 35.3 Å². The number of hydrogen-bond acceptors (Lipinski definition) is 7. The van der Waals surface area contributed by atoms with Gasteiger partial charge in [-0.15, -0.1) is 0 Å². The van der Waals surface area contributed by atoms with Crippen molar-refractivity contribution in [1.82, 2.24) is 10.2 Å². The lowest BCUT2D eigenvalue weighted by Crippen LogP contribution is -2.53. The number of nitrogens with two attached hydrogens (primary N) is 1. The molecule has 0 radical (unpaired) electrons. The Labute approximate surface area is 204 Å². The van der Waals surface area contributed by atoms with Crippen molar-refractivity contribution < 1.29 is 24.9 Å². The van der Waals surface area contributed by atoms with E-state index in [1.54, 1.807) is 17.0 Å². The number of carbonyl (C=O) groups excluding carboxylic acids is 3. The normalized spacial score (nSPS) is 21.8. The van der Waals surface area contributed by atoms with E-state index in [0.717, 1.165) is 10.5 Å². The Kier molecular flexibility index (Phi) is 7.76. The van der Waals surface area contributed by atoms with Gasteiger partial charge in [0.25, 0.3) is 5.91 Å². The van der Waals surface area contributed by atoms with Crippen LogP contribution >= 0.6 is 35.0 Å². The third-order valence-corrected chi connectivity index (χ3v) is 6.59. The second kappa shape index (κ2) is 10.2. The van der Waals surface area contributed by atoms with E-state index >= 15 is 0 Å². The van der Waals surface area contributed by atoms with Crippen molar-refractivity contribution in [1.29, 1.82) is 0 Å². The summed E-state index contributed by atoms with van der Waals surface area (Å²) in [6.45, 7) is 0.385. The average Bonchev–Trinajstić information content (AvgIpc) is 3.27. The Morgan fingerprint density at radius 1 is 1.18 bits per heavy atom. The molecule has 4 amide bonds. The topological polar surface area (TPSA) is 136 Å². The van der Waals surface area contributed by atoms with Crippen LogP contribution in [0.25, 0.3) is 0 Å². The Morgan fingerprint density at radius 2 is 1.79 bits per heavy atom. The number of amides is 4. The highest BCUT2D eigenvalue weighted by Crippen LogP contribution is 2.42. The lowest BCUT2D eigenvalue weighted by molar-refractivity contribution is -0.176. The number of hydrogen-bond donors (Lipinski definition) is 4. The number of rotatable bonds is 4. The van der Waals surface area contributed by atoms with Gasteiger partial charge in [-0.3, -0.25) is 20.1 Å². The molecule has 176 valence electrons. The minimum atomic E-state index is -1.30. The Balaban J connectivity index is 0.00000149. The molecule has 0 saturated carbocycles. The first-order valence-electron chi connectivity index (χ1n) is 9.70. The van der Waals surface area contributed by atoms with Gasteiger partial charge >= 0.3 is 6.03 Å². The van der Waals surface area contributed by atoms with E-state index in [1.807, 2.05) is 18.4 Å². The summed E-state index contributed by atoms with van der Waals surface area (Å²) in [5, 5.41) is 15.5. The summed E-state index contributed by atoms with van der Waals surface area (Å²) in [6.07, 6.45) is 1.84. The summed E-state index contributed by atoms with van der Waals surface area (Å²) < 4.78 is 0. The van der Waals surface area contributed by atoms with Gasteiger partial charge in [0.2, 0.25) is 5.91 Å². The van der Waals surface area contributed by atoms with E-state index in [0.29, 0.717) is 28.0 Å². The monoisotopic (exact) mass is 512 g/mol. The second-order valence-corrected chi connectivity index (χ2v) is 9.34. The Hall–Kier alpha value is -2.50. The van der Waals surface area contributed by atoms with Crippen LogP contribution in [-0.4, -0.2) is 63.9 Å². The van der Waals surface area contributed by atoms with E-state index in [1.165, 1.54) is 30.0 Å². The SMILES string of the molecule is CSCC(=O)N1CC(c2ccc(N)cc2)[C@@]2(C1)NC(=O)N(c1cc(Cl)cc(Cl)c1)C2=O.OO. The number of anilines is 2. The maximum atomic E-state index is 13.7. The van der Waals surface area contributed by atoms with Crippen LogP contribution in [0.1, 0.15) is 11.5 Å². The summed E-state index contributed by atoms with van der Waals surface area (Å²) in [7, 11) is 0. The average molecular weight is 513 g/mol. The number of imide groups is 1. The van der Waals surface area contributed by atoms with Crippen LogP contribution in [-0.2, 0) is 9.59 Å². The number of urea groups is 1. The van der Waals surface area contributed by atoms with E-state index in [9.17, 15) is 14.4 Å². The molecular formula is C21H22Cl2N4O5S. The van der Waals surface area contributed by atoms with Crippen molar-refractivity contribution in [3.05, 3.63) is 58.1 Å². The van der Waals surface area contributed by atoms with Crippen LogP contribution in [0.5, 0.6) is 0 Å². The fourth-order valence-electron chi connectivity index (χ4n) is 4.21. The number of thioether (sulfide) groups is 1.